The van der Waals surface area contributed by atoms with Gasteiger partial charge in [0.2, 0.25) is 0 Å². The molecule has 154 valence electrons. The highest BCUT2D eigenvalue weighted by Gasteiger charge is 2.21. The summed E-state index contributed by atoms with van der Waals surface area (Å²) in [4.78, 5) is 4.18. The summed E-state index contributed by atoms with van der Waals surface area (Å²) in [5.74, 6) is 1.03. The van der Waals surface area contributed by atoms with Crippen molar-refractivity contribution in [3.8, 4) is 28.6 Å². The molecule has 3 aromatic heterocycles. The largest absolute Gasteiger partial charge is 0.507 e. The van der Waals surface area contributed by atoms with E-state index in [0.717, 1.165) is 34.4 Å². The highest BCUT2D eigenvalue weighted by atomic mass is 16.3. The standard InChI is InChI=1S/C24H21N5O2/c1-28-13-11-17-14-18(8-9-19(17)28)29-22(10-7-16-4-3-12-25-15-16)26-27-24(29)23-20(30)5-2-6-21(23)31/h2-6,8-9,11-15,30-31H,7,10H2,1H3. The monoisotopic (exact) mass is 411 g/mol. The third kappa shape index (κ3) is 3.40. The second kappa shape index (κ2) is 7.60. The summed E-state index contributed by atoms with van der Waals surface area (Å²) in [6, 6.07) is 16.8. The van der Waals surface area contributed by atoms with Crippen LogP contribution in [0.25, 0.3) is 28.0 Å². The van der Waals surface area contributed by atoms with Gasteiger partial charge in [0.25, 0.3) is 0 Å². The van der Waals surface area contributed by atoms with Gasteiger partial charge in [-0.05, 0) is 54.4 Å². The molecule has 0 aliphatic rings. The normalized spacial score (nSPS) is 11.3. The van der Waals surface area contributed by atoms with Crippen LogP contribution >= 0.6 is 0 Å². The summed E-state index contributed by atoms with van der Waals surface area (Å²) in [6.45, 7) is 0. The topological polar surface area (TPSA) is 89.0 Å². The molecule has 0 saturated heterocycles. The van der Waals surface area contributed by atoms with Gasteiger partial charge in [-0.3, -0.25) is 9.55 Å². The first-order valence-corrected chi connectivity index (χ1v) is 10.0. The molecule has 0 bridgehead atoms. The van der Waals surface area contributed by atoms with Crippen LogP contribution in [0, 0.1) is 0 Å². The van der Waals surface area contributed by atoms with Gasteiger partial charge in [-0.1, -0.05) is 12.1 Å². The number of fused-ring (bicyclic) bond motifs is 1. The Morgan fingerprint density at radius 1 is 0.903 bits per heavy atom. The SMILES string of the molecule is Cn1ccc2cc(-n3c(CCc4cccnc4)nnc3-c3c(O)cccc3O)ccc21. The van der Waals surface area contributed by atoms with Crippen molar-refractivity contribution < 1.29 is 10.2 Å². The van der Waals surface area contributed by atoms with Crippen molar-refractivity contribution in [1.29, 1.82) is 0 Å². The Morgan fingerprint density at radius 2 is 1.74 bits per heavy atom. The first kappa shape index (κ1) is 18.9. The van der Waals surface area contributed by atoms with Gasteiger partial charge in [0.15, 0.2) is 5.82 Å². The minimum Gasteiger partial charge on any atom is -0.507 e. The molecule has 2 N–H and O–H groups in total. The van der Waals surface area contributed by atoms with Crippen molar-refractivity contribution in [1.82, 2.24) is 24.3 Å². The second-order valence-corrected chi connectivity index (χ2v) is 7.48. The smallest absolute Gasteiger partial charge is 0.176 e. The van der Waals surface area contributed by atoms with Crippen molar-refractivity contribution in [2.75, 3.05) is 0 Å². The van der Waals surface area contributed by atoms with Crippen molar-refractivity contribution in [3.63, 3.8) is 0 Å². The Bertz CT molecular complexity index is 1350. The predicted octanol–water partition coefficient (Wildman–Crippen LogP) is 4.02. The van der Waals surface area contributed by atoms with Crippen LogP contribution in [0.1, 0.15) is 11.4 Å². The van der Waals surface area contributed by atoms with Gasteiger partial charge in [0, 0.05) is 48.6 Å². The highest BCUT2D eigenvalue weighted by Crippen LogP contribution is 2.37. The van der Waals surface area contributed by atoms with E-state index < -0.39 is 0 Å². The Hall–Kier alpha value is -4.13. The van der Waals surface area contributed by atoms with Gasteiger partial charge < -0.3 is 14.8 Å². The molecule has 0 saturated carbocycles. The van der Waals surface area contributed by atoms with Gasteiger partial charge >= 0.3 is 0 Å². The lowest BCUT2D eigenvalue weighted by atomic mass is 10.1. The van der Waals surface area contributed by atoms with Crippen LogP contribution < -0.4 is 0 Å². The molecule has 31 heavy (non-hydrogen) atoms. The first-order valence-electron chi connectivity index (χ1n) is 10.0. The maximum atomic E-state index is 10.5. The van der Waals surface area contributed by atoms with Crippen molar-refractivity contribution in [3.05, 3.63) is 84.6 Å². The van der Waals surface area contributed by atoms with Gasteiger partial charge in [0.05, 0.1) is 0 Å². The predicted molar refractivity (Wildman–Crippen MR) is 118 cm³/mol. The fraction of sp³-hybridized carbons (Fsp3) is 0.125. The molecule has 7 heteroatoms. The summed E-state index contributed by atoms with van der Waals surface area (Å²) >= 11 is 0. The minimum absolute atomic E-state index is 0.0479. The molecule has 0 spiro atoms. The summed E-state index contributed by atoms with van der Waals surface area (Å²) in [7, 11) is 2.01. The number of aromatic nitrogens is 5. The molecule has 0 fully saturated rings. The Kier molecular flexibility index (Phi) is 4.63. The number of benzene rings is 2. The zero-order valence-corrected chi connectivity index (χ0v) is 17.0. The number of rotatable bonds is 5. The number of nitrogens with zero attached hydrogens (tertiary/aromatic N) is 5. The zero-order valence-electron chi connectivity index (χ0n) is 17.0. The Balaban J connectivity index is 1.65. The molecule has 5 rings (SSSR count). The quantitative estimate of drug-likeness (QED) is 0.456. The number of aryl methyl sites for hydroxylation is 3. The molecule has 2 aromatic carbocycles. The Labute approximate surface area is 178 Å². The lowest BCUT2D eigenvalue weighted by Crippen LogP contribution is -2.05. The summed E-state index contributed by atoms with van der Waals surface area (Å²) in [6.07, 6.45) is 6.97. The van der Waals surface area contributed by atoms with Crippen molar-refractivity contribution in [2.24, 2.45) is 7.05 Å². The lowest BCUT2D eigenvalue weighted by Gasteiger charge is -2.13. The number of phenols is 2. The van der Waals surface area contributed by atoms with E-state index in [1.807, 2.05) is 48.3 Å². The summed E-state index contributed by atoms with van der Waals surface area (Å²) in [5, 5.41) is 30.8. The molecule has 0 aliphatic heterocycles. The fourth-order valence-electron chi connectivity index (χ4n) is 3.88. The van der Waals surface area contributed by atoms with Crippen LogP contribution in [0.5, 0.6) is 11.5 Å². The zero-order chi connectivity index (χ0) is 21.4. The molecule has 0 radical (unpaired) electrons. The summed E-state index contributed by atoms with van der Waals surface area (Å²) < 4.78 is 3.96. The molecular formula is C24H21N5O2. The van der Waals surface area contributed by atoms with Crippen molar-refractivity contribution in [2.45, 2.75) is 12.8 Å². The van der Waals surface area contributed by atoms with E-state index in [1.54, 1.807) is 12.3 Å². The summed E-state index contributed by atoms with van der Waals surface area (Å²) in [5.41, 5.74) is 3.33. The molecule has 3 heterocycles. The average molecular weight is 411 g/mol. The fourth-order valence-corrected chi connectivity index (χ4v) is 3.88. The van der Waals surface area contributed by atoms with E-state index in [1.165, 1.54) is 12.1 Å². The van der Waals surface area contributed by atoms with E-state index in [9.17, 15) is 10.2 Å². The highest BCUT2D eigenvalue weighted by molar-refractivity contribution is 5.83. The molecular weight excluding hydrogens is 390 g/mol. The number of hydrogen-bond donors (Lipinski definition) is 2. The van der Waals surface area contributed by atoms with Crippen LogP contribution in [-0.4, -0.2) is 34.5 Å². The van der Waals surface area contributed by atoms with Gasteiger partial charge in [-0.25, -0.2) is 0 Å². The van der Waals surface area contributed by atoms with Gasteiger partial charge in [0.1, 0.15) is 22.9 Å². The minimum atomic E-state index is -0.0479. The van der Waals surface area contributed by atoms with Crippen LogP contribution in [0.15, 0.2) is 73.2 Å². The third-order valence-corrected chi connectivity index (χ3v) is 5.46. The van der Waals surface area contributed by atoms with E-state index in [-0.39, 0.29) is 17.1 Å². The van der Waals surface area contributed by atoms with E-state index >= 15 is 0 Å². The second-order valence-electron chi connectivity index (χ2n) is 7.48. The van der Waals surface area contributed by atoms with Crippen LogP contribution in [-0.2, 0) is 19.9 Å². The maximum Gasteiger partial charge on any atom is 0.176 e. The number of pyridine rings is 1. The van der Waals surface area contributed by atoms with Gasteiger partial charge in [-0.2, -0.15) is 0 Å². The van der Waals surface area contributed by atoms with E-state index in [4.69, 9.17) is 0 Å². The molecule has 5 aromatic rings. The third-order valence-electron chi connectivity index (χ3n) is 5.46. The first-order chi connectivity index (χ1) is 15.1. The lowest BCUT2D eigenvalue weighted by molar-refractivity contribution is 0.453. The maximum absolute atomic E-state index is 10.5. The van der Waals surface area contributed by atoms with Gasteiger partial charge in [-0.15, -0.1) is 10.2 Å². The van der Waals surface area contributed by atoms with Crippen molar-refractivity contribution >= 4 is 10.9 Å². The van der Waals surface area contributed by atoms with Crippen LogP contribution in [0.3, 0.4) is 0 Å². The number of phenolic OH excluding ortho intramolecular Hbond substituents is 2. The van der Waals surface area contributed by atoms with E-state index in [0.29, 0.717) is 12.2 Å². The Morgan fingerprint density at radius 3 is 2.52 bits per heavy atom. The van der Waals surface area contributed by atoms with Crippen LogP contribution in [0.2, 0.25) is 0 Å². The molecule has 0 aliphatic carbocycles. The molecule has 7 nitrogen and oxygen atoms in total. The molecule has 0 atom stereocenters. The number of aromatic hydroxyl groups is 2. The average Bonchev–Trinajstić information content (AvgIpc) is 3.36. The van der Waals surface area contributed by atoms with E-state index in [2.05, 4.69) is 31.9 Å². The molecule has 0 unspecified atom stereocenters. The van der Waals surface area contributed by atoms with Crippen LogP contribution in [0.4, 0.5) is 0 Å². The number of hydrogen-bond acceptors (Lipinski definition) is 5. The molecule has 0 amide bonds.